The van der Waals surface area contributed by atoms with Gasteiger partial charge < -0.3 is 15.4 Å². The fraction of sp³-hybridized carbons (Fsp3) is 0.0909. The maximum absolute atomic E-state index is 12.0. The molecule has 0 aliphatic heterocycles. The molecule has 0 atom stereocenters. The zero-order valence-corrected chi connectivity index (χ0v) is 14.9. The molecule has 0 radical (unpaired) electrons. The molecule has 5 nitrogen and oxygen atoms in total. The van der Waals surface area contributed by atoms with Gasteiger partial charge in [-0.25, -0.2) is 0 Å². The van der Waals surface area contributed by atoms with Crippen molar-refractivity contribution in [1.82, 2.24) is 10.3 Å². The fourth-order valence-corrected chi connectivity index (χ4v) is 2.44. The van der Waals surface area contributed by atoms with Crippen molar-refractivity contribution in [1.29, 1.82) is 0 Å². The predicted molar refractivity (Wildman–Crippen MR) is 107 cm³/mol. The average molecular weight is 359 g/mol. The van der Waals surface area contributed by atoms with Gasteiger partial charge in [0.2, 0.25) is 0 Å². The molecule has 0 unspecified atom stereocenters. The fourth-order valence-electron chi connectivity index (χ4n) is 2.44. The minimum Gasteiger partial charge on any atom is -0.489 e. The van der Waals surface area contributed by atoms with Gasteiger partial charge in [-0.15, -0.1) is 6.58 Å². The molecule has 0 aliphatic rings. The van der Waals surface area contributed by atoms with Crippen molar-refractivity contribution in [3.63, 3.8) is 0 Å². The second kappa shape index (κ2) is 9.20. The summed E-state index contributed by atoms with van der Waals surface area (Å²) in [7, 11) is 0. The lowest BCUT2D eigenvalue weighted by atomic mass is 10.2. The molecular weight excluding hydrogens is 338 g/mol. The zero-order valence-electron chi connectivity index (χ0n) is 14.9. The highest BCUT2D eigenvalue weighted by Crippen LogP contribution is 2.21. The highest BCUT2D eigenvalue weighted by Gasteiger charge is 2.06. The molecular formula is C22H21N3O2. The van der Waals surface area contributed by atoms with Gasteiger partial charge in [-0.2, -0.15) is 0 Å². The Morgan fingerprint density at radius 3 is 2.56 bits per heavy atom. The summed E-state index contributed by atoms with van der Waals surface area (Å²) in [5.74, 6) is 0.607. The third-order valence-electron chi connectivity index (χ3n) is 3.80. The van der Waals surface area contributed by atoms with Gasteiger partial charge in [0, 0.05) is 18.4 Å². The third-order valence-corrected chi connectivity index (χ3v) is 3.80. The van der Waals surface area contributed by atoms with Crippen molar-refractivity contribution >= 4 is 17.3 Å². The summed E-state index contributed by atoms with van der Waals surface area (Å²) in [6.45, 7) is 4.53. The lowest BCUT2D eigenvalue weighted by molar-refractivity contribution is 0.0957. The van der Waals surface area contributed by atoms with Gasteiger partial charge in [0.1, 0.15) is 12.4 Å². The van der Waals surface area contributed by atoms with Crippen LogP contribution in [0.3, 0.4) is 0 Å². The van der Waals surface area contributed by atoms with E-state index in [9.17, 15) is 4.79 Å². The smallest absolute Gasteiger partial charge is 0.253 e. The molecule has 1 aromatic heterocycles. The van der Waals surface area contributed by atoms with Crippen LogP contribution in [0.1, 0.15) is 15.9 Å². The van der Waals surface area contributed by atoms with Crippen molar-refractivity contribution in [2.75, 3.05) is 11.9 Å². The normalized spacial score (nSPS) is 10.1. The van der Waals surface area contributed by atoms with Crippen LogP contribution in [0.5, 0.6) is 5.75 Å². The number of benzene rings is 2. The van der Waals surface area contributed by atoms with Crippen LogP contribution in [-0.4, -0.2) is 17.4 Å². The summed E-state index contributed by atoms with van der Waals surface area (Å²) < 4.78 is 5.78. The van der Waals surface area contributed by atoms with Crippen molar-refractivity contribution in [3.05, 3.63) is 96.8 Å². The van der Waals surface area contributed by atoms with Crippen LogP contribution in [0.4, 0.5) is 11.4 Å². The number of pyridine rings is 1. The van der Waals surface area contributed by atoms with Gasteiger partial charge in [0.05, 0.1) is 17.4 Å². The van der Waals surface area contributed by atoms with Gasteiger partial charge in [-0.3, -0.25) is 9.78 Å². The number of amides is 1. The SMILES string of the molecule is C=CCNC(=O)c1cncc(Nc2ccc(OCc3ccccc3)cc2)c1. The van der Waals surface area contributed by atoms with Gasteiger partial charge in [0.15, 0.2) is 0 Å². The quantitative estimate of drug-likeness (QED) is 0.588. The van der Waals surface area contributed by atoms with Crippen LogP contribution in [0.25, 0.3) is 0 Å². The summed E-state index contributed by atoms with van der Waals surface area (Å²) in [4.78, 5) is 16.1. The number of carbonyl (C=O) groups is 1. The zero-order chi connectivity index (χ0) is 18.9. The van der Waals surface area contributed by atoms with E-state index >= 15 is 0 Å². The molecule has 0 saturated carbocycles. The first-order chi connectivity index (χ1) is 13.2. The van der Waals surface area contributed by atoms with E-state index in [1.54, 1.807) is 18.3 Å². The van der Waals surface area contributed by atoms with E-state index in [0.29, 0.717) is 18.7 Å². The van der Waals surface area contributed by atoms with Crippen LogP contribution < -0.4 is 15.4 Å². The van der Waals surface area contributed by atoms with E-state index in [2.05, 4.69) is 22.2 Å². The minimum absolute atomic E-state index is 0.185. The molecule has 3 aromatic rings. The van der Waals surface area contributed by atoms with E-state index < -0.39 is 0 Å². The number of rotatable bonds is 8. The minimum atomic E-state index is -0.185. The summed E-state index contributed by atoms with van der Waals surface area (Å²) in [6.07, 6.45) is 4.84. The summed E-state index contributed by atoms with van der Waals surface area (Å²) in [6, 6.07) is 19.4. The first-order valence-electron chi connectivity index (χ1n) is 8.62. The van der Waals surface area contributed by atoms with Crippen molar-refractivity contribution in [2.45, 2.75) is 6.61 Å². The molecule has 0 aliphatic carbocycles. The largest absolute Gasteiger partial charge is 0.489 e. The molecule has 27 heavy (non-hydrogen) atoms. The van der Waals surface area contributed by atoms with Gasteiger partial charge in [0.25, 0.3) is 5.91 Å². The molecule has 1 heterocycles. The number of nitrogens with one attached hydrogen (secondary N) is 2. The average Bonchev–Trinajstić information content (AvgIpc) is 2.72. The first-order valence-corrected chi connectivity index (χ1v) is 8.62. The van der Waals surface area contributed by atoms with E-state index in [4.69, 9.17) is 4.74 Å². The number of aromatic nitrogens is 1. The summed E-state index contributed by atoms with van der Waals surface area (Å²) in [5.41, 5.74) is 3.23. The van der Waals surface area contributed by atoms with E-state index in [1.165, 1.54) is 6.20 Å². The van der Waals surface area contributed by atoms with E-state index in [1.807, 2.05) is 54.6 Å². The number of hydrogen-bond acceptors (Lipinski definition) is 4. The van der Waals surface area contributed by atoms with Crippen LogP contribution >= 0.6 is 0 Å². The third kappa shape index (κ3) is 5.44. The van der Waals surface area contributed by atoms with E-state index in [0.717, 1.165) is 22.7 Å². The molecule has 1 amide bonds. The van der Waals surface area contributed by atoms with Crippen LogP contribution in [0.15, 0.2) is 85.7 Å². The number of anilines is 2. The highest BCUT2D eigenvalue weighted by atomic mass is 16.5. The molecule has 0 spiro atoms. The number of nitrogens with zero attached hydrogens (tertiary/aromatic N) is 1. The monoisotopic (exact) mass is 359 g/mol. The molecule has 2 aromatic carbocycles. The Labute approximate surface area is 158 Å². The lowest BCUT2D eigenvalue weighted by Crippen LogP contribution is -2.23. The standard InChI is InChI=1S/C22H21N3O2/c1-2-12-24-22(26)18-13-20(15-23-14-18)25-19-8-10-21(11-9-19)27-16-17-6-4-3-5-7-17/h2-11,13-15,25H,1,12,16H2,(H,24,26). The van der Waals surface area contributed by atoms with Gasteiger partial charge in [-0.1, -0.05) is 36.4 Å². The number of carbonyl (C=O) groups excluding carboxylic acids is 1. The maximum Gasteiger partial charge on any atom is 0.253 e. The Kier molecular flexibility index (Phi) is 6.20. The molecule has 3 rings (SSSR count). The molecule has 0 bridgehead atoms. The Morgan fingerprint density at radius 1 is 1.04 bits per heavy atom. The van der Waals surface area contributed by atoms with E-state index in [-0.39, 0.29) is 5.91 Å². The van der Waals surface area contributed by atoms with Crippen LogP contribution in [-0.2, 0) is 6.61 Å². The first kappa shape index (κ1) is 18.2. The second-order valence-electron chi connectivity index (χ2n) is 5.88. The molecule has 5 heteroatoms. The van der Waals surface area contributed by atoms with Crippen molar-refractivity contribution in [3.8, 4) is 5.75 Å². The summed E-state index contributed by atoms with van der Waals surface area (Å²) in [5, 5.41) is 5.97. The Bertz CT molecular complexity index is 893. The predicted octanol–water partition coefficient (Wildman–Crippen LogP) is 4.32. The molecule has 2 N–H and O–H groups in total. The Balaban J connectivity index is 1.59. The number of hydrogen-bond donors (Lipinski definition) is 2. The van der Waals surface area contributed by atoms with Crippen LogP contribution in [0, 0.1) is 0 Å². The number of ether oxygens (including phenoxy) is 1. The Hall–Kier alpha value is -3.60. The second-order valence-corrected chi connectivity index (χ2v) is 5.88. The van der Waals surface area contributed by atoms with Crippen LogP contribution in [0.2, 0.25) is 0 Å². The lowest BCUT2D eigenvalue weighted by Gasteiger charge is -2.10. The topological polar surface area (TPSA) is 63.2 Å². The summed E-state index contributed by atoms with van der Waals surface area (Å²) >= 11 is 0. The molecule has 136 valence electrons. The van der Waals surface area contributed by atoms with Gasteiger partial charge in [-0.05, 0) is 35.9 Å². The highest BCUT2D eigenvalue weighted by molar-refractivity contribution is 5.94. The van der Waals surface area contributed by atoms with Crippen molar-refractivity contribution < 1.29 is 9.53 Å². The molecule has 0 saturated heterocycles. The van der Waals surface area contributed by atoms with Gasteiger partial charge >= 0.3 is 0 Å². The molecule has 0 fully saturated rings. The Morgan fingerprint density at radius 2 is 1.81 bits per heavy atom. The van der Waals surface area contributed by atoms with Crippen molar-refractivity contribution in [2.24, 2.45) is 0 Å². The maximum atomic E-state index is 12.0.